The minimum Gasteiger partial charge on any atom is -0.356 e. The second kappa shape index (κ2) is 7.89. The van der Waals surface area contributed by atoms with Crippen molar-refractivity contribution in [1.29, 1.82) is 0 Å². The minimum atomic E-state index is -0.223. The van der Waals surface area contributed by atoms with Crippen LogP contribution >= 0.6 is 0 Å². The Bertz CT molecular complexity index is 417. The largest absolute Gasteiger partial charge is 0.356 e. The standard InChI is InChI=1S/C15H23FN2O/c1-3-12(10-17)9-15(19)18-7-6-13-4-5-14(16)8-11(13)2/h4-5,8,12H,3,6-7,9-10,17H2,1-2H3,(H,18,19). The average molecular weight is 266 g/mol. The van der Waals surface area contributed by atoms with Gasteiger partial charge in [0.2, 0.25) is 5.91 Å². The minimum absolute atomic E-state index is 0.0389. The summed E-state index contributed by atoms with van der Waals surface area (Å²) in [5.41, 5.74) is 7.55. The highest BCUT2D eigenvalue weighted by molar-refractivity contribution is 5.76. The lowest BCUT2D eigenvalue weighted by molar-refractivity contribution is -0.121. The molecule has 1 aromatic rings. The first-order chi connectivity index (χ1) is 9.06. The maximum absolute atomic E-state index is 12.9. The second-order valence-electron chi connectivity index (χ2n) is 4.88. The molecule has 1 rings (SSSR count). The van der Waals surface area contributed by atoms with E-state index in [4.69, 9.17) is 5.73 Å². The molecule has 0 aliphatic carbocycles. The number of carbonyl (C=O) groups is 1. The van der Waals surface area contributed by atoms with Gasteiger partial charge in [0.25, 0.3) is 0 Å². The van der Waals surface area contributed by atoms with E-state index in [9.17, 15) is 9.18 Å². The Hall–Kier alpha value is -1.42. The van der Waals surface area contributed by atoms with Gasteiger partial charge in [-0.3, -0.25) is 4.79 Å². The van der Waals surface area contributed by atoms with Crippen LogP contribution < -0.4 is 11.1 Å². The van der Waals surface area contributed by atoms with Gasteiger partial charge in [0.05, 0.1) is 0 Å². The Morgan fingerprint density at radius 2 is 2.21 bits per heavy atom. The van der Waals surface area contributed by atoms with Crippen molar-refractivity contribution in [2.75, 3.05) is 13.1 Å². The molecule has 0 saturated carbocycles. The van der Waals surface area contributed by atoms with Gasteiger partial charge in [0.1, 0.15) is 5.82 Å². The number of hydrogen-bond acceptors (Lipinski definition) is 2. The SMILES string of the molecule is CCC(CN)CC(=O)NCCc1ccc(F)cc1C. The smallest absolute Gasteiger partial charge is 0.220 e. The van der Waals surface area contributed by atoms with Gasteiger partial charge >= 0.3 is 0 Å². The molecule has 0 radical (unpaired) electrons. The fraction of sp³-hybridized carbons (Fsp3) is 0.533. The third-order valence-corrected chi connectivity index (χ3v) is 3.41. The summed E-state index contributed by atoms with van der Waals surface area (Å²) in [7, 11) is 0. The third kappa shape index (κ3) is 5.39. The predicted molar refractivity (Wildman–Crippen MR) is 75.3 cm³/mol. The number of rotatable bonds is 7. The number of halogens is 1. The molecule has 1 unspecified atom stereocenters. The van der Waals surface area contributed by atoms with E-state index >= 15 is 0 Å². The Labute approximate surface area is 114 Å². The number of hydrogen-bond donors (Lipinski definition) is 2. The van der Waals surface area contributed by atoms with Crippen LogP contribution in [-0.4, -0.2) is 19.0 Å². The van der Waals surface area contributed by atoms with Gasteiger partial charge in [0.15, 0.2) is 0 Å². The molecule has 1 amide bonds. The fourth-order valence-corrected chi connectivity index (χ4v) is 2.01. The van der Waals surface area contributed by atoms with E-state index in [2.05, 4.69) is 5.32 Å². The lowest BCUT2D eigenvalue weighted by Gasteiger charge is -2.12. The van der Waals surface area contributed by atoms with Gasteiger partial charge in [-0.25, -0.2) is 4.39 Å². The van der Waals surface area contributed by atoms with Gasteiger partial charge in [-0.05, 0) is 49.1 Å². The monoisotopic (exact) mass is 266 g/mol. The molecular weight excluding hydrogens is 243 g/mol. The number of carbonyl (C=O) groups excluding carboxylic acids is 1. The van der Waals surface area contributed by atoms with Gasteiger partial charge in [-0.2, -0.15) is 0 Å². The Morgan fingerprint density at radius 3 is 2.79 bits per heavy atom. The van der Waals surface area contributed by atoms with Crippen molar-refractivity contribution in [3.63, 3.8) is 0 Å². The van der Waals surface area contributed by atoms with Crippen LogP contribution in [-0.2, 0) is 11.2 Å². The zero-order valence-electron chi connectivity index (χ0n) is 11.7. The van der Waals surface area contributed by atoms with Crippen LogP contribution in [0.4, 0.5) is 4.39 Å². The summed E-state index contributed by atoms with van der Waals surface area (Å²) in [6.07, 6.45) is 2.12. The van der Waals surface area contributed by atoms with Crippen LogP contribution in [0.3, 0.4) is 0 Å². The number of aryl methyl sites for hydroxylation is 1. The highest BCUT2D eigenvalue weighted by Gasteiger charge is 2.10. The molecule has 1 atom stereocenters. The lowest BCUT2D eigenvalue weighted by Crippen LogP contribution is -2.29. The molecule has 0 fully saturated rings. The summed E-state index contributed by atoms with van der Waals surface area (Å²) < 4.78 is 12.9. The zero-order chi connectivity index (χ0) is 14.3. The molecule has 3 N–H and O–H groups in total. The first-order valence-electron chi connectivity index (χ1n) is 6.78. The molecule has 19 heavy (non-hydrogen) atoms. The van der Waals surface area contributed by atoms with Gasteiger partial charge in [-0.1, -0.05) is 19.4 Å². The molecule has 0 aliphatic heterocycles. The molecule has 1 aromatic carbocycles. The van der Waals surface area contributed by atoms with Crippen LogP contribution in [0.5, 0.6) is 0 Å². The summed E-state index contributed by atoms with van der Waals surface area (Å²) in [5.74, 6) is 0.0728. The molecule has 0 heterocycles. The molecule has 0 aromatic heterocycles. The Morgan fingerprint density at radius 1 is 1.47 bits per heavy atom. The van der Waals surface area contributed by atoms with Crippen molar-refractivity contribution in [2.45, 2.75) is 33.1 Å². The van der Waals surface area contributed by atoms with Crippen LogP contribution in [0.25, 0.3) is 0 Å². The molecule has 0 aliphatic rings. The van der Waals surface area contributed by atoms with E-state index in [-0.39, 0.29) is 17.6 Å². The number of amides is 1. The topological polar surface area (TPSA) is 55.1 Å². The van der Waals surface area contributed by atoms with Gasteiger partial charge in [0, 0.05) is 13.0 Å². The van der Waals surface area contributed by atoms with Crippen molar-refractivity contribution >= 4 is 5.91 Å². The Kier molecular flexibility index (Phi) is 6.50. The maximum Gasteiger partial charge on any atom is 0.220 e. The summed E-state index contributed by atoms with van der Waals surface area (Å²) in [4.78, 5) is 11.7. The van der Waals surface area contributed by atoms with E-state index in [0.29, 0.717) is 19.5 Å². The van der Waals surface area contributed by atoms with Crippen molar-refractivity contribution < 1.29 is 9.18 Å². The maximum atomic E-state index is 12.9. The molecule has 3 nitrogen and oxygen atoms in total. The summed E-state index contributed by atoms with van der Waals surface area (Å²) in [6, 6.07) is 4.73. The number of nitrogens with one attached hydrogen (secondary N) is 1. The van der Waals surface area contributed by atoms with Gasteiger partial charge in [-0.15, -0.1) is 0 Å². The van der Waals surface area contributed by atoms with Crippen LogP contribution in [0.2, 0.25) is 0 Å². The normalized spacial score (nSPS) is 12.2. The van der Waals surface area contributed by atoms with Crippen molar-refractivity contribution in [2.24, 2.45) is 11.7 Å². The van der Waals surface area contributed by atoms with Crippen LogP contribution in [0.1, 0.15) is 30.9 Å². The average Bonchev–Trinajstić information content (AvgIpc) is 2.38. The first kappa shape index (κ1) is 15.6. The first-order valence-corrected chi connectivity index (χ1v) is 6.78. The van der Waals surface area contributed by atoms with E-state index < -0.39 is 0 Å². The molecule has 0 spiro atoms. The number of nitrogens with two attached hydrogens (primary N) is 1. The van der Waals surface area contributed by atoms with Crippen molar-refractivity contribution in [3.8, 4) is 0 Å². The van der Waals surface area contributed by atoms with E-state index in [0.717, 1.165) is 24.0 Å². The lowest BCUT2D eigenvalue weighted by atomic mass is 10.0. The van der Waals surface area contributed by atoms with E-state index in [1.807, 2.05) is 13.8 Å². The predicted octanol–water partition coefficient (Wildman–Crippen LogP) is 2.17. The Balaban J connectivity index is 2.35. The molecule has 4 heteroatoms. The van der Waals surface area contributed by atoms with E-state index in [1.54, 1.807) is 6.07 Å². The molecule has 0 saturated heterocycles. The molecule has 0 bridgehead atoms. The van der Waals surface area contributed by atoms with Gasteiger partial charge < -0.3 is 11.1 Å². The summed E-state index contributed by atoms with van der Waals surface area (Å²) in [6.45, 7) is 5.03. The summed E-state index contributed by atoms with van der Waals surface area (Å²) in [5, 5.41) is 2.88. The van der Waals surface area contributed by atoms with Crippen molar-refractivity contribution in [1.82, 2.24) is 5.32 Å². The summed E-state index contributed by atoms with van der Waals surface area (Å²) >= 11 is 0. The quantitative estimate of drug-likeness (QED) is 0.794. The van der Waals surface area contributed by atoms with Crippen LogP contribution in [0, 0.1) is 18.7 Å². The molecular formula is C15H23FN2O. The third-order valence-electron chi connectivity index (χ3n) is 3.41. The highest BCUT2D eigenvalue weighted by Crippen LogP contribution is 2.10. The highest BCUT2D eigenvalue weighted by atomic mass is 19.1. The van der Waals surface area contributed by atoms with Crippen LogP contribution in [0.15, 0.2) is 18.2 Å². The molecule has 106 valence electrons. The van der Waals surface area contributed by atoms with E-state index in [1.165, 1.54) is 12.1 Å². The zero-order valence-corrected chi connectivity index (χ0v) is 11.7. The number of benzene rings is 1. The fourth-order valence-electron chi connectivity index (χ4n) is 2.01. The van der Waals surface area contributed by atoms with Crippen molar-refractivity contribution in [3.05, 3.63) is 35.1 Å². The second-order valence-corrected chi connectivity index (χ2v) is 4.88.